The third-order valence-electron chi connectivity index (χ3n) is 4.13. The van der Waals surface area contributed by atoms with Crippen LogP contribution in [0.4, 0.5) is 17.1 Å². The van der Waals surface area contributed by atoms with E-state index >= 15 is 0 Å². The molecule has 0 aliphatic carbocycles. The smallest absolute Gasteiger partial charge is 0.127 e. The molecule has 0 atom stereocenters. The number of para-hydroxylation sites is 1. The summed E-state index contributed by atoms with van der Waals surface area (Å²) < 4.78 is 5.84. The molecule has 0 radical (unpaired) electrons. The first-order chi connectivity index (χ1) is 13.3. The number of nitrogens with two attached hydrogens (primary N) is 1. The Hall–Kier alpha value is -3.79. The third kappa shape index (κ3) is 4.07. The molecule has 4 rings (SSSR count). The number of nitrogens with zero attached hydrogens (tertiary/aromatic N) is 1. The molecule has 4 nitrogen and oxygen atoms in total. The minimum Gasteiger partial charge on any atom is -0.457 e. The lowest BCUT2D eigenvalue weighted by molar-refractivity contribution is 0.483. The van der Waals surface area contributed by atoms with Crippen LogP contribution in [0, 0.1) is 0 Å². The second-order valence-corrected chi connectivity index (χ2v) is 6.11. The van der Waals surface area contributed by atoms with E-state index in [0.29, 0.717) is 0 Å². The Morgan fingerprint density at radius 2 is 1.56 bits per heavy atom. The summed E-state index contributed by atoms with van der Waals surface area (Å²) in [7, 11) is 0. The highest BCUT2D eigenvalue weighted by Gasteiger charge is 2.06. The van der Waals surface area contributed by atoms with Crippen LogP contribution < -0.4 is 15.8 Å². The Morgan fingerprint density at radius 3 is 2.33 bits per heavy atom. The lowest BCUT2D eigenvalue weighted by atomic mass is 10.1. The van der Waals surface area contributed by atoms with E-state index in [9.17, 15) is 0 Å². The van der Waals surface area contributed by atoms with Gasteiger partial charge in [-0.25, -0.2) is 0 Å². The van der Waals surface area contributed by atoms with Crippen LogP contribution in [0.1, 0.15) is 0 Å². The van der Waals surface area contributed by atoms with Gasteiger partial charge in [-0.3, -0.25) is 4.98 Å². The van der Waals surface area contributed by atoms with Crippen LogP contribution >= 0.6 is 0 Å². The molecule has 3 aromatic carbocycles. The number of anilines is 3. The maximum absolute atomic E-state index is 5.92. The van der Waals surface area contributed by atoms with Gasteiger partial charge in [-0.05, 0) is 60.2 Å². The number of hydrogen-bond acceptors (Lipinski definition) is 4. The van der Waals surface area contributed by atoms with Gasteiger partial charge in [0.1, 0.15) is 11.5 Å². The first kappa shape index (κ1) is 16.7. The van der Waals surface area contributed by atoms with Crippen LogP contribution in [0.2, 0.25) is 0 Å². The van der Waals surface area contributed by atoms with E-state index in [-0.39, 0.29) is 0 Å². The minimum atomic E-state index is 0.727. The van der Waals surface area contributed by atoms with Gasteiger partial charge in [0.15, 0.2) is 0 Å². The van der Waals surface area contributed by atoms with Gasteiger partial charge in [-0.15, -0.1) is 0 Å². The number of nitrogens with one attached hydrogen (secondary N) is 1. The molecule has 0 saturated carbocycles. The summed E-state index contributed by atoms with van der Waals surface area (Å²) in [4.78, 5) is 4.25. The monoisotopic (exact) mass is 353 g/mol. The minimum absolute atomic E-state index is 0.727. The maximum atomic E-state index is 5.92. The van der Waals surface area contributed by atoms with Crippen molar-refractivity contribution in [3.63, 3.8) is 0 Å². The Bertz CT molecular complexity index is 1030. The molecule has 0 amide bonds. The second kappa shape index (κ2) is 7.62. The van der Waals surface area contributed by atoms with E-state index < -0.39 is 0 Å². The summed E-state index contributed by atoms with van der Waals surface area (Å²) in [5.41, 5.74) is 10.6. The number of nitrogen functional groups attached to an aromatic ring is 1. The molecule has 0 bridgehead atoms. The summed E-state index contributed by atoms with van der Waals surface area (Å²) in [6.07, 6.45) is 3.61. The van der Waals surface area contributed by atoms with E-state index in [0.717, 1.165) is 39.7 Å². The lowest BCUT2D eigenvalue weighted by Gasteiger charge is -2.13. The predicted octanol–water partition coefficient (Wildman–Crippen LogP) is 5.87. The number of benzene rings is 3. The maximum Gasteiger partial charge on any atom is 0.127 e. The highest BCUT2D eigenvalue weighted by atomic mass is 16.5. The fourth-order valence-electron chi connectivity index (χ4n) is 2.83. The normalized spacial score (nSPS) is 10.4. The molecular weight excluding hydrogens is 334 g/mol. The number of ether oxygens (including phenoxy) is 1. The highest BCUT2D eigenvalue weighted by molar-refractivity contribution is 5.81. The summed E-state index contributed by atoms with van der Waals surface area (Å²) in [6, 6.07) is 27.3. The molecule has 0 saturated heterocycles. The SMILES string of the molecule is Nc1cccc(-c2cnccc2Nc2ccc(Oc3ccccc3)cc2)c1. The topological polar surface area (TPSA) is 60.2 Å². The van der Waals surface area contributed by atoms with Crippen molar-refractivity contribution in [2.24, 2.45) is 0 Å². The van der Waals surface area contributed by atoms with Gasteiger partial charge in [-0.1, -0.05) is 30.3 Å². The number of aromatic nitrogens is 1. The van der Waals surface area contributed by atoms with Crippen molar-refractivity contribution in [1.29, 1.82) is 0 Å². The molecule has 0 unspecified atom stereocenters. The standard InChI is InChI=1S/C23H19N3O/c24-18-6-4-5-17(15-18)22-16-25-14-13-23(22)26-19-9-11-21(12-10-19)27-20-7-2-1-3-8-20/h1-16H,24H2,(H,25,26). The molecule has 0 spiro atoms. The fourth-order valence-corrected chi connectivity index (χ4v) is 2.83. The van der Waals surface area contributed by atoms with Crippen LogP contribution in [0.15, 0.2) is 97.3 Å². The Balaban J connectivity index is 1.55. The van der Waals surface area contributed by atoms with Crippen LogP contribution in [-0.4, -0.2) is 4.98 Å². The molecule has 0 aliphatic heterocycles. The average molecular weight is 353 g/mol. The molecule has 132 valence electrons. The molecule has 3 N–H and O–H groups in total. The van der Waals surface area contributed by atoms with Gasteiger partial charge < -0.3 is 15.8 Å². The third-order valence-corrected chi connectivity index (χ3v) is 4.13. The average Bonchev–Trinajstić information content (AvgIpc) is 2.71. The van der Waals surface area contributed by atoms with Crippen LogP contribution in [0.5, 0.6) is 11.5 Å². The molecule has 4 heteroatoms. The summed E-state index contributed by atoms with van der Waals surface area (Å²) >= 11 is 0. The molecule has 27 heavy (non-hydrogen) atoms. The summed E-state index contributed by atoms with van der Waals surface area (Å²) in [6.45, 7) is 0. The molecule has 0 aliphatic rings. The van der Waals surface area contributed by atoms with Crippen molar-refractivity contribution in [2.75, 3.05) is 11.1 Å². The largest absolute Gasteiger partial charge is 0.457 e. The van der Waals surface area contributed by atoms with E-state index in [1.54, 1.807) is 6.20 Å². The quantitative estimate of drug-likeness (QED) is 0.441. The van der Waals surface area contributed by atoms with Crippen molar-refractivity contribution in [3.8, 4) is 22.6 Å². The lowest BCUT2D eigenvalue weighted by Crippen LogP contribution is -1.95. The Morgan fingerprint density at radius 1 is 0.778 bits per heavy atom. The molecule has 1 aromatic heterocycles. The van der Waals surface area contributed by atoms with Gasteiger partial charge >= 0.3 is 0 Å². The van der Waals surface area contributed by atoms with Gasteiger partial charge in [0.2, 0.25) is 0 Å². The van der Waals surface area contributed by atoms with Crippen molar-refractivity contribution >= 4 is 17.1 Å². The van der Waals surface area contributed by atoms with Gasteiger partial charge in [0.25, 0.3) is 0 Å². The zero-order valence-electron chi connectivity index (χ0n) is 14.7. The first-order valence-corrected chi connectivity index (χ1v) is 8.68. The van der Waals surface area contributed by atoms with Crippen LogP contribution in [-0.2, 0) is 0 Å². The number of rotatable bonds is 5. The molecule has 1 heterocycles. The Kier molecular flexibility index (Phi) is 4.70. The molecule has 0 fully saturated rings. The zero-order chi connectivity index (χ0) is 18.5. The van der Waals surface area contributed by atoms with Crippen molar-refractivity contribution in [3.05, 3.63) is 97.3 Å². The van der Waals surface area contributed by atoms with E-state index in [4.69, 9.17) is 10.5 Å². The van der Waals surface area contributed by atoms with Crippen LogP contribution in [0.3, 0.4) is 0 Å². The number of pyridine rings is 1. The highest BCUT2D eigenvalue weighted by Crippen LogP contribution is 2.31. The molecular formula is C23H19N3O. The zero-order valence-corrected chi connectivity index (χ0v) is 14.7. The van der Waals surface area contributed by atoms with Crippen LogP contribution in [0.25, 0.3) is 11.1 Å². The van der Waals surface area contributed by atoms with E-state index in [1.807, 2.05) is 91.1 Å². The number of hydrogen-bond donors (Lipinski definition) is 2. The van der Waals surface area contributed by atoms with Gasteiger partial charge in [-0.2, -0.15) is 0 Å². The van der Waals surface area contributed by atoms with Crippen molar-refractivity contribution < 1.29 is 4.74 Å². The second-order valence-electron chi connectivity index (χ2n) is 6.11. The van der Waals surface area contributed by atoms with Crippen molar-refractivity contribution in [1.82, 2.24) is 4.98 Å². The predicted molar refractivity (Wildman–Crippen MR) is 110 cm³/mol. The van der Waals surface area contributed by atoms with Gasteiger partial charge in [0, 0.05) is 35.0 Å². The Labute approximate surface area is 158 Å². The molecule has 4 aromatic rings. The van der Waals surface area contributed by atoms with Gasteiger partial charge in [0.05, 0.1) is 0 Å². The summed E-state index contributed by atoms with van der Waals surface area (Å²) in [5.74, 6) is 1.61. The van der Waals surface area contributed by atoms with Crippen molar-refractivity contribution in [2.45, 2.75) is 0 Å². The summed E-state index contributed by atoms with van der Waals surface area (Å²) in [5, 5.41) is 3.45. The van der Waals surface area contributed by atoms with E-state index in [1.165, 1.54) is 0 Å². The first-order valence-electron chi connectivity index (χ1n) is 8.68. The fraction of sp³-hybridized carbons (Fsp3) is 0. The van der Waals surface area contributed by atoms with E-state index in [2.05, 4.69) is 10.3 Å².